The summed E-state index contributed by atoms with van der Waals surface area (Å²) in [6, 6.07) is 0. The van der Waals surface area contributed by atoms with Crippen molar-refractivity contribution in [1.29, 1.82) is 0 Å². The highest BCUT2D eigenvalue weighted by molar-refractivity contribution is 5.28. The van der Waals surface area contributed by atoms with Crippen LogP contribution in [-0.2, 0) is 30.9 Å². The summed E-state index contributed by atoms with van der Waals surface area (Å²) in [6.45, 7) is 3.79. The molecule has 4 nitrogen and oxygen atoms in total. The number of aromatic nitrogens is 2. The lowest BCUT2D eigenvalue weighted by Gasteiger charge is -2.15. The predicted molar refractivity (Wildman–Crippen MR) is 61.1 cm³/mol. The van der Waals surface area contributed by atoms with Crippen LogP contribution in [0.5, 0.6) is 0 Å². The largest absolute Gasteiger partial charge is 0.378 e. The lowest BCUT2D eigenvalue weighted by Crippen LogP contribution is -2.25. The fourth-order valence-electron chi connectivity index (χ4n) is 2.44. The maximum Gasteiger partial charge on any atom is 0.0929 e. The van der Waals surface area contributed by atoms with Gasteiger partial charge in [-0.25, -0.2) is 0 Å². The van der Waals surface area contributed by atoms with Gasteiger partial charge in [-0.05, 0) is 18.8 Å². The molecule has 1 aliphatic carbocycles. The minimum absolute atomic E-state index is 0.641. The Hall–Kier alpha value is -0.870. The first-order valence-corrected chi connectivity index (χ1v) is 6.15. The van der Waals surface area contributed by atoms with E-state index in [1.54, 1.807) is 7.11 Å². The van der Waals surface area contributed by atoms with Crippen molar-refractivity contribution in [1.82, 2.24) is 15.1 Å². The van der Waals surface area contributed by atoms with Crippen molar-refractivity contribution in [2.75, 3.05) is 13.7 Å². The first-order valence-electron chi connectivity index (χ1n) is 6.15. The van der Waals surface area contributed by atoms with Crippen LogP contribution in [0.15, 0.2) is 0 Å². The average Bonchev–Trinajstić information content (AvgIpc) is 3.05. The summed E-state index contributed by atoms with van der Waals surface area (Å²) in [7, 11) is 1.74. The van der Waals surface area contributed by atoms with E-state index in [0.29, 0.717) is 6.61 Å². The Morgan fingerprint density at radius 3 is 3.12 bits per heavy atom. The van der Waals surface area contributed by atoms with E-state index >= 15 is 0 Å². The Bertz CT molecular complexity index is 382. The molecule has 2 heterocycles. The Morgan fingerprint density at radius 2 is 2.38 bits per heavy atom. The first kappa shape index (κ1) is 10.3. The molecule has 1 aromatic rings. The van der Waals surface area contributed by atoms with Crippen LogP contribution < -0.4 is 5.32 Å². The van der Waals surface area contributed by atoms with E-state index in [1.807, 2.05) is 0 Å². The quantitative estimate of drug-likeness (QED) is 0.827. The average molecular weight is 221 g/mol. The second-order valence-corrected chi connectivity index (χ2v) is 4.86. The summed E-state index contributed by atoms with van der Waals surface area (Å²) in [5.41, 5.74) is 3.96. The van der Waals surface area contributed by atoms with Crippen LogP contribution in [0.25, 0.3) is 0 Å². The molecular weight excluding hydrogens is 202 g/mol. The van der Waals surface area contributed by atoms with E-state index in [9.17, 15) is 0 Å². The molecule has 2 aliphatic rings. The summed E-state index contributed by atoms with van der Waals surface area (Å²) < 4.78 is 7.46. The number of hydrogen-bond acceptors (Lipinski definition) is 3. The number of nitrogens with zero attached hydrogens (tertiary/aromatic N) is 2. The second kappa shape index (κ2) is 4.18. The standard InChI is InChI=1S/C12H19N3O/c1-16-8-11-10-6-13-5-4-12(10)15(14-11)7-9-2-3-9/h9,13H,2-8H2,1H3. The summed E-state index contributed by atoms with van der Waals surface area (Å²) in [5.74, 6) is 0.884. The van der Waals surface area contributed by atoms with Crippen molar-refractivity contribution in [3.63, 3.8) is 0 Å². The summed E-state index contributed by atoms with van der Waals surface area (Å²) in [5, 5.41) is 8.13. The SMILES string of the molecule is COCc1nn(CC2CC2)c2c1CNCC2. The molecule has 0 saturated heterocycles. The van der Waals surface area contributed by atoms with Gasteiger partial charge in [0.15, 0.2) is 0 Å². The minimum atomic E-state index is 0.641. The van der Waals surface area contributed by atoms with Crippen LogP contribution in [0.1, 0.15) is 29.8 Å². The molecule has 1 aliphatic heterocycles. The maximum absolute atomic E-state index is 5.22. The number of methoxy groups -OCH3 is 1. The molecule has 1 fully saturated rings. The fraction of sp³-hybridized carbons (Fsp3) is 0.750. The molecule has 1 aromatic heterocycles. The second-order valence-electron chi connectivity index (χ2n) is 4.86. The zero-order valence-electron chi connectivity index (χ0n) is 9.83. The number of ether oxygens (including phenoxy) is 1. The lowest BCUT2D eigenvalue weighted by atomic mass is 10.1. The van der Waals surface area contributed by atoms with Gasteiger partial charge in [0.25, 0.3) is 0 Å². The van der Waals surface area contributed by atoms with Crippen molar-refractivity contribution in [2.45, 2.75) is 39.0 Å². The van der Waals surface area contributed by atoms with Gasteiger partial charge >= 0.3 is 0 Å². The molecule has 0 radical (unpaired) electrons. The molecule has 0 unspecified atom stereocenters. The summed E-state index contributed by atoms with van der Waals surface area (Å²) in [6.07, 6.45) is 3.87. The van der Waals surface area contributed by atoms with Crippen LogP contribution in [0.4, 0.5) is 0 Å². The zero-order valence-corrected chi connectivity index (χ0v) is 9.83. The normalized spacial score (nSPS) is 19.8. The van der Waals surface area contributed by atoms with Gasteiger partial charge in [0.05, 0.1) is 12.3 Å². The zero-order chi connectivity index (χ0) is 11.0. The highest BCUT2D eigenvalue weighted by Crippen LogP contribution is 2.32. The van der Waals surface area contributed by atoms with Gasteiger partial charge in [0.1, 0.15) is 0 Å². The van der Waals surface area contributed by atoms with Gasteiger partial charge in [-0.1, -0.05) is 0 Å². The van der Waals surface area contributed by atoms with Crippen LogP contribution in [0.3, 0.4) is 0 Å². The van der Waals surface area contributed by atoms with Crippen LogP contribution in [0, 0.1) is 5.92 Å². The van der Waals surface area contributed by atoms with Crippen LogP contribution >= 0.6 is 0 Å². The van der Waals surface area contributed by atoms with Gasteiger partial charge in [-0.2, -0.15) is 5.10 Å². The van der Waals surface area contributed by atoms with Crippen molar-refractivity contribution in [3.8, 4) is 0 Å². The summed E-state index contributed by atoms with van der Waals surface area (Å²) >= 11 is 0. The van der Waals surface area contributed by atoms with E-state index in [-0.39, 0.29) is 0 Å². The Labute approximate surface area is 96.0 Å². The Morgan fingerprint density at radius 1 is 1.50 bits per heavy atom. The molecule has 88 valence electrons. The molecule has 16 heavy (non-hydrogen) atoms. The van der Waals surface area contributed by atoms with Crippen LogP contribution in [0.2, 0.25) is 0 Å². The van der Waals surface area contributed by atoms with E-state index in [2.05, 4.69) is 10.00 Å². The number of hydrogen-bond donors (Lipinski definition) is 1. The fourth-order valence-corrected chi connectivity index (χ4v) is 2.44. The monoisotopic (exact) mass is 221 g/mol. The lowest BCUT2D eigenvalue weighted by molar-refractivity contribution is 0.180. The number of nitrogens with one attached hydrogen (secondary N) is 1. The highest BCUT2D eigenvalue weighted by atomic mass is 16.5. The Kier molecular flexibility index (Phi) is 2.69. The molecule has 0 aromatic carbocycles. The molecule has 1 saturated carbocycles. The highest BCUT2D eigenvalue weighted by Gasteiger charge is 2.26. The molecular formula is C12H19N3O. The Balaban J connectivity index is 1.90. The first-order chi connectivity index (χ1) is 7.88. The predicted octanol–water partition coefficient (Wildman–Crippen LogP) is 1.09. The topological polar surface area (TPSA) is 39.1 Å². The molecule has 1 N–H and O–H groups in total. The van der Waals surface area contributed by atoms with Crippen molar-refractivity contribution >= 4 is 0 Å². The third kappa shape index (κ3) is 1.87. The smallest absolute Gasteiger partial charge is 0.0929 e. The van der Waals surface area contributed by atoms with E-state index < -0.39 is 0 Å². The van der Waals surface area contributed by atoms with Crippen molar-refractivity contribution in [3.05, 3.63) is 17.0 Å². The number of fused-ring (bicyclic) bond motifs is 1. The van der Waals surface area contributed by atoms with Gasteiger partial charge in [-0.15, -0.1) is 0 Å². The summed E-state index contributed by atoms with van der Waals surface area (Å²) in [4.78, 5) is 0. The van der Waals surface area contributed by atoms with Crippen molar-refractivity contribution < 1.29 is 4.74 Å². The van der Waals surface area contributed by atoms with Gasteiger partial charge in [0, 0.05) is 44.4 Å². The maximum atomic E-state index is 5.22. The molecule has 0 bridgehead atoms. The number of rotatable bonds is 4. The molecule has 0 atom stereocenters. The van der Waals surface area contributed by atoms with E-state index in [4.69, 9.17) is 9.84 Å². The van der Waals surface area contributed by atoms with E-state index in [0.717, 1.165) is 37.7 Å². The molecule has 0 amide bonds. The van der Waals surface area contributed by atoms with Gasteiger partial charge < -0.3 is 10.1 Å². The van der Waals surface area contributed by atoms with Gasteiger partial charge in [0.2, 0.25) is 0 Å². The van der Waals surface area contributed by atoms with Crippen molar-refractivity contribution in [2.24, 2.45) is 5.92 Å². The third-order valence-corrected chi connectivity index (χ3v) is 3.50. The van der Waals surface area contributed by atoms with Gasteiger partial charge in [-0.3, -0.25) is 4.68 Å². The van der Waals surface area contributed by atoms with Crippen LogP contribution in [-0.4, -0.2) is 23.4 Å². The third-order valence-electron chi connectivity index (χ3n) is 3.50. The minimum Gasteiger partial charge on any atom is -0.378 e. The molecule has 0 spiro atoms. The van der Waals surface area contributed by atoms with E-state index in [1.165, 1.54) is 24.1 Å². The molecule has 3 rings (SSSR count). The molecule has 4 heteroatoms.